The number of carbonyl (C=O) groups is 1. The van der Waals surface area contributed by atoms with Crippen LogP contribution < -0.4 is 15.9 Å². The van der Waals surface area contributed by atoms with Gasteiger partial charge in [-0.05, 0) is 25.1 Å². The highest BCUT2D eigenvalue weighted by Crippen LogP contribution is 2.18. The number of nitrogens with two attached hydrogens (primary N) is 1. The molecule has 1 aromatic carbocycles. The van der Waals surface area contributed by atoms with Gasteiger partial charge in [-0.25, -0.2) is 4.39 Å². The highest BCUT2D eigenvalue weighted by atomic mass is 32.1. The Labute approximate surface area is 112 Å². The van der Waals surface area contributed by atoms with Gasteiger partial charge in [0.15, 0.2) is 0 Å². The largest absolute Gasteiger partial charge is 0.397 e. The number of hydrogen-bond acceptors (Lipinski definition) is 4. The third-order valence-corrected chi connectivity index (χ3v) is 3.45. The molecule has 0 aliphatic carbocycles. The fourth-order valence-corrected chi connectivity index (χ4v) is 2.31. The van der Waals surface area contributed by atoms with E-state index in [1.165, 1.54) is 16.7 Å². The summed E-state index contributed by atoms with van der Waals surface area (Å²) in [6.45, 7) is 1.66. The van der Waals surface area contributed by atoms with Gasteiger partial charge in [-0.2, -0.15) is 0 Å². The first-order valence-corrected chi connectivity index (χ1v) is 6.35. The van der Waals surface area contributed by atoms with Crippen molar-refractivity contribution in [1.29, 1.82) is 0 Å². The molecule has 0 aliphatic heterocycles. The fourth-order valence-electron chi connectivity index (χ4n) is 1.58. The molecule has 0 spiro atoms. The third-order valence-electron chi connectivity index (χ3n) is 2.57. The van der Waals surface area contributed by atoms with E-state index >= 15 is 0 Å². The van der Waals surface area contributed by atoms with Crippen LogP contribution in [0.1, 0.15) is 5.69 Å². The minimum Gasteiger partial charge on any atom is -0.397 e. The second kappa shape index (κ2) is 5.23. The molecule has 0 unspecified atom stereocenters. The Balaban J connectivity index is 2.12. The number of benzene rings is 1. The van der Waals surface area contributed by atoms with Gasteiger partial charge >= 0.3 is 4.87 Å². The molecule has 100 valence electrons. The zero-order chi connectivity index (χ0) is 14.0. The number of hydrogen-bond donors (Lipinski definition) is 2. The molecule has 5 nitrogen and oxygen atoms in total. The Hall–Kier alpha value is -2.15. The van der Waals surface area contributed by atoms with Crippen LogP contribution in [-0.4, -0.2) is 10.5 Å². The number of carbonyl (C=O) groups excluding carboxylic acids is 1. The number of aryl methyl sites for hydroxylation is 1. The van der Waals surface area contributed by atoms with E-state index in [9.17, 15) is 14.0 Å². The summed E-state index contributed by atoms with van der Waals surface area (Å²) >= 11 is 1.04. The number of nitrogens with one attached hydrogen (secondary N) is 1. The normalized spacial score (nSPS) is 10.4. The molecule has 0 atom stereocenters. The number of amides is 1. The summed E-state index contributed by atoms with van der Waals surface area (Å²) in [5.74, 6) is -0.859. The van der Waals surface area contributed by atoms with E-state index in [1.807, 2.05) is 0 Å². The lowest BCUT2D eigenvalue weighted by Crippen LogP contribution is -2.25. The summed E-state index contributed by atoms with van der Waals surface area (Å²) in [4.78, 5) is 23.1. The van der Waals surface area contributed by atoms with Crippen molar-refractivity contribution >= 4 is 28.6 Å². The monoisotopic (exact) mass is 281 g/mol. The van der Waals surface area contributed by atoms with E-state index in [1.54, 1.807) is 12.3 Å². The molecule has 0 radical (unpaired) electrons. The maximum atomic E-state index is 12.9. The number of halogens is 1. The SMILES string of the molecule is Cc1csc(=O)n1CC(=O)Nc1ccc(F)cc1N. The van der Waals surface area contributed by atoms with Gasteiger partial charge in [0.2, 0.25) is 5.91 Å². The first-order valence-electron chi connectivity index (χ1n) is 5.47. The van der Waals surface area contributed by atoms with Crippen LogP contribution in [0.4, 0.5) is 15.8 Å². The number of nitrogen functional groups attached to an aromatic ring is 1. The quantitative estimate of drug-likeness (QED) is 0.838. The standard InChI is InChI=1S/C12H12FN3O2S/c1-7-6-19-12(18)16(7)5-11(17)15-10-3-2-8(13)4-9(10)14/h2-4,6H,5,14H2,1H3,(H,15,17). The van der Waals surface area contributed by atoms with E-state index in [2.05, 4.69) is 5.32 Å². The first-order chi connectivity index (χ1) is 8.97. The molecule has 1 heterocycles. The Bertz CT molecular complexity index is 678. The number of aromatic nitrogens is 1. The van der Waals surface area contributed by atoms with Crippen molar-refractivity contribution in [2.75, 3.05) is 11.1 Å². The molecule has 0 fully saturated rings. The molecule has 3 N–H and O–H groups in total. The molecule has 0 saturated heterocycles. The fraction of sp³-hybridized carbons (Fsp3) is 0.167. The Morgan fingerprint density at radius 1 is 1.53 bits per heavy atom. The minimum absolute atomic E-state index is 0.0923. The van der Waals surface area contributed by atoms with Crippen molar-refractivity contribution in [3.63, 3.8) is 0 Å². The zero-order valence-corrected chi connectivity index (χ0v) is 11.0. The van der Waals surface area contributed by atoms with Gasteiger partial charge in [0, 0.05) is 11.1 Å². The predicted molar refractivity (Wildman–Crippen MR) is 72.8 cm³/mol. The predicted octanol–water partition coefficient (Wildman–Crippen LogP) is 1.58. The van der Waals surface area contributed by atoms with E-state index in [0.717, 1.165) is 23.1 Å². The van der Waals surface area contributed by atoms with Crippen LogP contribution in [-0.2, 0) is 11.3 Å². The zero-order valence-electron chi connectivity index (χ0n) is 10.1. The highest BCUT2D eigenvalue weighted by Gasteiger charge is 2.10. The Morgan fingerprint density at radius 2 is 2.26 bits per heavy atom. The van der Waals surface area contributed by atoms with Gasteiger partial charge in [0.25, 0.3) is 0 Å². The Kier molecular flexibility index (Phi) is 3.66. The van der Waals surface area contributed by atoms with Crippen molar-refractivity contribution in [3.8, 4) is 0 Å². The van der Waals surface area contributed by atoms with Crippen LogP contribution in [0.3, 0.4) is 0 Å². The van der Waals surface area contributed by atoms with Crippen LogP contribution in [0.15, 0.2) is 28.4 Å². The van der Waals surface area contributed by atoms with Crippen molar-refractivity contribution in [1.82, 2.24) is 4.57 Å². The minimum atomic E-state index is -0.472. The first kappa shape index (κ1) is 13.3. The van der Waals surface area contributed by atoms with Crippen molar-refractivity contribution in [2.24, 2.45) is 0 Å². The maximum Gasteiger partial charge on any atom is 0.307 e. The lowest BCUT2D eigenvalue weighted by atomic mass is 10.2. The number of thiazole rings is 1. The second-order valence-corrected chi connectivity index (χ2v) is 4.83. The van der Waals surface area contributed by atoms with Gasteiger partial charge < -0.3 is 11.1 Å². The summed E-state index contributed by atoms with van der Waals surface area (Å²) in [5.41, 5.74) is 6.77. The lowest BCUT2D eigenvalue weighted by molar-refractivity contribution is -0.116. The van der Waals surface area contributed by atoms with Crippen LogP contribution in [0, 0.1) is 12.7 Å². The van der Waals surface area contributed by atoms with E-state index in [-0.39, 0.29) is 23.0 Å². The molecule has 7 heteroatoms. The van der Waals surface area contributed by atoms with E-state index in [0.29, 0.717) is 5.69 Å². The highest BCUT2D eigenvalue weighted by molar-refractivity contribution is 7.07. The van der Waals surface area contributed by atoms with Crippen molar-refractivity contribution < 1.29 is 9.18 Å². The van der Waals surface area contributed by atoms with Crippen LogP contribution in [0.2, 0.25) is 0 Å². The molecule has 2 aromatic rings. The summed E-state index contributed by atoms with van der Waals surface area (Å²) in [6.07, 6.45) is 0. The summed E-state index contributed by atoms with van der Waals surface area (Å²) in [5, 5.41) is 4.23. The Morgan fingerprint density at radius 3 is 2.84 bits per heavy atom. The molecule has 0 aliphatic rings. The van der Waals surface area contributed by atoms with Crippen LogP contribution >= 0.6 is 11.3 Å². The van der Waals surface area contributed by atoms with Crippen molar-refractivity contribution in [3.05, 3.63) is 44.8 Å². The maximum absolute atomic E-state index is 12.9. The second-order valence-electron chi connectivity index (χ2n) is 4.01. The summed E-state index contributed by atoms with van der Waals surface area (Å²) in [7, 11) is 0. The smallest absolute Gasteiger partial charge is 0.307 e. The molecular weight excluding hydrogens is 269 g/mol. The molecular formula is C12H12FN3O2S. The van der Waals surface area contributed by atoms with E-state index < -0.39 is 5.82 Å². The molecule has 1 amide bonds. The summed E-state index contributed by atoms with van der Waals surface area (Å²) < 4.78 is 14.2. The average Bonchev–Trinajstić information content (AvgIpc) is 2.65. The molecule has 19 heavy (non-hydrogen) atoms. The van der Waals surface area contributed by atoms with Crippen LogP contribution in [0.25, 0.3) is 0 Å². The van der Waals surface area contributed by atoms with Gasteiger partial charge in [0.05, 0.1) is 11.4 Å². The topological polar surface area (TPSA) is 77.1 Å². The number of rotatable bonds is 3. The number of anilines is 2. The average molecular weight is 281 g/mol. The van der Waals surface area contributed by atoms with Gasteiger partial charge in [-0.1, -0.05) is 11.3 Å². The van der Waals surface area contributed by atoms with E-state index in [4.69, 9.17) is 5.73 Å². The van der Waals surface area contributed by atoms with Crippen LogP contribution in [0.5, 0.6) is 0 Å². The van der Waals surface area contributed by atoms with Gasteiger partial charge in [0.1, 0.15) is 12.4 Å². The molecule has 0 saturated carbocycles. The number of nitrogens with zero attached hydrogens (tertiary/aromatic N) is 1. The summed E-state index contributed by atoms with van der Waals surface area (Å²) in [6, 6.07) is 3.71. The van der Waals surface area contributed by atoms with Gasteiger partial charge in [-0.15, -0.1) is 0 Å². The molecule has 1 aromatic heterocycles. The third kappa shape index (κ3) is 3.00. The van der Waals surface area contributed by atoms with Gasteiger partial charge in [-0.3, -0.25) is 14.2 Å². The van der Waals surface area contributed by atoms with Crippen molar-refractivity contribution in [2.45, 2.75) is 13.5 Å². The molecule has 2 rings (SSSR count). The molecule has 0 bridgehead atoms. The lowest BCUT2D eigenvalue weighted by Gasteiger charge is -2.09.